The highest BCUT2D eigenvalue weighted by Gasteiger charge is 2.40. The van der Waals surface area contributed by atoms with Crippen molar-refractivity contribution >= 4 is 17.3 Å². The second-order valence-corrected chi connectivity index (χ2v) is 4.68. The van der Waals surface area contributed by atoms with Gasteiger partial charge in [0.15, 0.2) is 0 Å². The zero-order valence-electron chi connectivity index (χ0n) is 11.0. The third-order valence-corrected chi connectivity index (χ3v) is 3.40. The minimum absolute atomic E-state index is 0.200. The van der Waals surface area contributed by atoms with Crippen molar-refractivity contribution < 1.29 is 18.8 Å². The lowest BCUT2D eigenvalue weighted by atomic mass is 9.81. The lowest BCUT2D eigenvalue weighted by Gasteiger charge is -2.29. The maximum absolute atomic E-state index is 13.6. The van der Waals surface area contributed by atoms with Crippen molar-refractivity contribution in [1.29, 1.82) is 5.26 Å². The van der Waals surface area contributed by atoms with E-state index in [1.165, 1.54) is 0 Å². The summed E-state index contributed by atoms with van der Waals surface area (Å²) in [5.41, 5.74) is -1.95. The fourth-order valence-corrected chi connectivity index (χ4v) is 2.07. The predicted molar refractivity (Wildman–Crippen MR) is 69.8 cm³/mol. The third kappa shape index (κ3) is 2.98. The molecule has 1 heterocycles. The number of benzene rings is 1. The number of nitrogens with one attached hydrogen (secondary N) is 1. The molecule has 1 N–H and O–H groups in total. The molecular weight excluding hydrogens is 281 g/mol. The highest BCUT2D eigenvalue weighted by atomic mass is 19.1. The number of anilines is 1. The number of nitriles is 1. The largest absolute Gasteiger partial charge is 0.381 e. The van der Waals surface area contributed by atoms with E-state index in [0.29, 0.717) is 0 Å². The third-order valence-electron chi connectivity index (χ3n) is 3.40. The Morgan fingerprint density at radius 1 is 1.48 bits per heavy atom. The minimum Gasteiger partial charge on any atom is -0.381 e. The smallest absolute Gasteiger partial charge is 0.271 e. The number of carbonyl (C=O) groups is 1. The van der Waals surface area contributed by atoms with E-state index in [1.807, 2.05) is 6.07 Å². The molecule has 0 spiro atoms. The van der Waals surface area contributed by atoms with Gasteiger partial charge in [-0.2, -0.15) is 5.26 Å². The molecule has 0 unspecified atom stereocenters. The van der Waals surface area contributed by atoms with Crippen molar-refractivity contribution in [2.75, 3.05) is 18.5 Å². The van der Waals surface area contributed by atoms with Gasteiger partial charge in [0, 0.05) is 25.3 Å². The molecule has 1 amide bonds. The van der Waals surface area contributed by atoms with E-state index in [-0.39, 0.29) is 37.4 Å². The Hall–Kier alpha value is -2.53. The maximum atomic E-state index is 13.6. The Bertz CT molecular complexity index is 620. The van der Waals surface area contributed by atoms with Crippen molar-refractivity contribution in [2.45, 2.75) is 12.8 Å². The van der Waals surface area contributed by atoms with Crippen LogP contribution in [0, 0.1) is 32.7 Å². The van der Waals surface area contributed by atoms with Gasteiger partial charge in [-0.3, -0.25) is 14.9 Å². The lowest BCUT2D eigenvalue weighted by Crippen LogP contribution is -2.40. The highest BCUT2D eigenvalue weighted by Crippen LogP contribution is 2.32. The van der Waals surface area contributed by atoms with Gasteiger partial charge in [-0.25, -0.2) is 4.39 Å². The lowest BCUT2D eigenvalue weighted by molar-refractivity contribution is -0.384. The molecule has 0 saturated carbocycles. The van der Waals surface area contributed by atoms with Crippen molar-refractivity contribution in [1.82, 2.24) is 0 Å². The number of amides is 1. The van der Waals surface area contributed by atoms with Gasteiger partial charge >= 0.3 is 0 Å². The normalized spacial score (nSPS) is 16.8. The molecule has 1 aromatic carbocycles. The van der Waals surface area contributed by atoms with Gasteiger partial charge in [0.05, 0.1) is 16.7 Å². The SMILES string of the molecule is N#CC1(C(=O)Nc2cc([N+](=O)[O-])ccc2F)CCOCC1. The van der Waals surface area contributed by atoms with E-state index < -0.39 is 22.1 Å². The minimum atomic E-state index is -1.30. The number of nitro benzene ring substituents is 1. The van der Waals surface area contributed by atoms with E-state index in [4.69, 9.17) is 4.74 Å². The topological polar surface area (TPSA) is 105 Å². The summed E-state index contributed by atoms with van der Waals surface area (Å²) in [5.74, 6) is -1.47. The molecule has 1 aromatic rings. The zero-order chi connectivity index (χ0) is 15.5. The number of hydrogen-bond donors (Lipinski definition) is 1. The van der Waals surface area contributed by atoms with Crippen LogP contribution in [-0.2, 0) is 9.53 Å². The predicted octanol–water partition coefficient (Wildman–Crippen LogP) is 1.99. The molecule has 0 bridgehead atoms. The first-order valence-corrected chi connectivity index (χ1v) is 6.23. The maximum Gasteiger partial charge on any atom is 0.271 e. The van der Waals surface area contributed by atoms with E-state index in [1.54, 1.807) is 0 Å². The summed E-state index contributed by atoms with van der Waals surface area (Å²) in [6.07, 6.45) is 0.401. The van der Waals surface area contributed by atoms with E-state index in [2.05, 4.69) is 5.32 Å². The standard InChI is InChI=1S/C13H12FN3O4/c14-10-2-1-9(17(19)20)7-11(10)16-12(18)13(8-15)3-5-21-6-4-13/h1-2,7H,3-6H2,(H,16,18). The number of nitrogens with zero attached hydrogens (tertiary/aromatic N) is 2. The summed E-state index contributed by atoms with van der Waals surface area (Å²) < 4.78 is 18.8. The Morgan fingerprint density at radius 2 is 2.14 bits per heavy atom. The van der Waals surface area contributed by atoms with E-state index in [9.17, 15) is 24.6 Å². The van der Waals surface area contributed by atoms with Crippen LogP contribution in [0.25, 0.3) is 0 Å². The summed E-state index contributed by atoms with van der Waals surface area (Å²) in [6.45, 7) is 0.525. The fraction of sp³-hybridized carbons (Fsp3) is 0.385. The number of halogens is 1. The molecule has 0 radical (unpaired) electrons. The quantitative estimate of drug-likeness (QED) is 0.677. The molecule has 0 aromatic heterocycles. The summed E-state index contributed by atoms with van der Waals surface area (Å²) in [6, 6.07) is 4.77. The second-order valence-electron chi connectivity index (χ2n) is 4.68. The van der Waals surface area contributed by atoms with Crippen molar-refractivity contribution in [2.24, 2.45) is 5.41 Å². The number of nitro groups is 1. The summed E-state index contributed by atoms with van der Waals surface area (Å²) in [4.78, 5) is 22.2. The molecule has 1 fully saturated rings. The number of hydrogen-bond acceptors (Lipinski definition) is 5. The average Bonchev–Trinajstić information content (AvgIpc) is 2.49. The first kappa shape index (κ1) is 14.9. The van der Waals surface area contributed by atoms with Crippen LogP contribution in [-0.4, -0.2) is 24.0 Å². The van der Waals surface area contributed by atoms with Gasteiger partial charge < -0.3 is 10.1 Å². The molecule has 1 aliphatic rings. The molecule has 7 nitrogen and oxygen atoms in total. The van der Waals surface area contributed by atoms with Gasteiger partial charge in [0.25, 0.3) is 5.69 Å². The van der Waals surface area contributed by atoms with E-state index >= 15 is 0 Å². The number of carbonyl (C=O) groups excluding carboxylic acids is 1. The fourth-order valence-electron chi connectivity index (χ4n) is 2.07. The molecule has 8 heteroatoms. The van der Waals surface area contributed by atoms with Crippen molar-refractivity contribution in [3.63, 3.8) is 0 Å². The first-order valence-electron chi connectivity index (χ1n) is 6.23. The van der Waals surface area contributed by atoms with Crippen molar-refractivity contribution in [3.8, 4) is 6.07 Å². The van der Waals surface area contributed by atoms with Crippen LogP contribution in [0.2, 0.25) is 0 Å². The number of non-ortho nitro benzene ring substituents is 1. The molecule has 1 saturated heterocycles. The van der Waals surface area contributed by atoms with Gasteiger partial charge in [-0.1, -0.05) is 0 Å². The zero-order valence-corrected chi connectivity index (χ0v) is 11.0. The van der Waals surface area contributed by atoms with Gasteiger partial charge in [0.2, 0.25) is 5.91 Å². The van der Waals surface area contributed by atoms with Crippen LogP contribution in [0.4, 0.5) is 15.8 Å². The van der Waals surface area contributed by atoms with Crippen LogP contribution in [0.15, 0.2) is 18.2 Å². The van der Waals surface area contributed by atoms with Crippen LogP contribution in [0.1, 0.15) is 12.8 Å². The van der Waals surface area contributed by atoms with Crippen LogP contribution < -0.4 is 5.32 Å². The van der Waals surface area contributed by atoms with Gasteiger partial charge in [-0.15, -0.1) is 0 Å². The molecule has 0 aliphatic carbocycles. The number of rotatable bonds is 3. The second kappa shape index (κ2) is 5.85. The average molecular weight is 293 g/mol. The Kier molecular flexibility index (Phi) is 4.14. The Labute approximate surface area is 119 Å². The number of ether oxygens (including phenoxy) is 1. The monoisotopic (exact) mass is 293 g/mol. The highest BCUT2D eigenvalue weighted by molar-refractivity contribution is 5.97. The van der Waals surface area contributed by atoms with Crippen LogP contribution in [0.5, 0.6) is 0 Å². The first-order chi connectivity index (χ1) is 9.98. The molecule has 110 valence electrons. The van der Waals surface area contributed by atoms with Crippen LogP contribution >= 0.6 is 0 Å². The molecule has 21 heavy (non-hydrogen) atoms. The molecule has 2 rings (SSSR count). The summed E-state index contributed by atoms with van der Waals surface area (Å²) in [5, 5.41) is 22.2. The van der Waals surface area contributed by atoms with Crippen LogP contribution in [0.3, 0.4) is 0 Å². The van der Waals surface area contributed by atoms with Gasteiger partial charge in [0.1, 0.15) is 11.2 Å². The summed E-state index contributed by atoms with van der Waals surface area (Å²) >= 11 is 0. The summed E-state index contributed by atoms with van der Waals surface area (Å²) in [7, 11) is 0. The molecule has 1 aliphatic heterocycles. The Morgan fingerprint density at radius 3 is 2.71 bits per heavy atom. The van der Waals surface area contributed by atoms with Gasteiger partial charge in [-0.05, 0) is 18.9 Å². The van der Waals surface area contributed by atoms with Crippen molar-refractivity contribution in [3.05, 3.63) is 34.1 Å². The molecule has 0 atom stereocenters. The Balaban J connectivity index is 2.25. The van der Waals surface area contributed by atoms with E-state index in [0.717, 1.165) is 18.2 Å². The molecular formula is C13H12FN3O4.